The third-order valence-corrected chi connectivity index (χ3v) is 5.18. The molecule has 0 spiro atoms. The highest BCUT2D eigenvalue weighted by atomic mass is 35.5. The molecule has 0 saturated carbocycles. The number of aromatic amines is 1. The van der Waals surface area contributed by atoms with E-state index < -0.39 is 0 Å². The zero-order valence-electron chi connectivity index (χ0n) is 15.5. The number of pyridine rings is 1. The standard InChI is InChI=1S/C22H16ClN5O/c1-14-20(15-3-2-4-18(11-15)27-10-9-24-13-27)21-19(12-25-14)22(29)28(26-21)17-7-5-16(23)6-8-17/h2-13,25H,1H3. The minimum Gasteiger partial charge on any atom is -0.364 e. The number of halogens is 1. The number of benzene rings is 2. The second-order valence-electron chi connectivity index (χ2n) is 6.76. The van der Waals surface area contributed by atoms with Gasteiger partial charge in [0.15, 0.2) is 0 Å². The van der Waals surface area contributed by atoms with Gasteiger partial charge in [-0.15, -0.1) is 0 Å². The van der Waals surface area contributed by atoms with E-state index in [9.17, 15) is 4.79 Å². The van der Waals surface area contributed by atoms with Crippen LogP contribution < -0.4 is 5.56 Å². The summed E-state index contributed by atoms with van der Waals surface area (Å²) in [6.45, 7) is 1.98. The summed E-state index contributed by atoms with van der Waals surface area (Å²) in [7, 11) is 0. The maximum Gasteiger partial charge on any atom is 0.282 e. The lowest BCUT2D eigenvalue weighted by Crippen LogP contribution is -2.14. The quantitative estimate of drug-likeness (QED) is 0.484. The Morgan fingerprint density at radius 3 is 2.66 bits per heavy atom. The molecule has 2 aliphatic heterocycles. The van der Waals surface area contributed by atoms with Crippen LogP contribution in [-0.4, -0.2) is 24.3 Å². The van der Waals surface area contributed by atoms with Gasteiger partial charge in [-0.3, -0.25) is 4.79 Å². The SMILES string of the molecule is Cc1[nH]cc2c(=O)n(-c3ccc(Cl)cc3)nc-2c1-c1cccc(-n2ccnc2)c1. The number of imidazole rings is 1. The summed E-state index contributed by atoms with van der Waals surface area (Å²) in [5.74, 6) is 0. The zero-order valence-corrected chi connectivity index (χ0v) is 16.3. The van der Waals surface area contributed by atoms with Crippen LogP contribution in [0.2, 0.25) is 5.02 Å². The van der Waals surface area contributed by atoms with Gasteiger partial charge in [-0.25, -0.2) is 4.98 Å². The molecule has 6 nitrogen and oxygen atoms in total. The summed E-state index contributed by atoms with van der Waals surface area (Å²) < 4.78 is 3.35. The minimum atomic E-state index is -0.175. The van der Waals surface area contributed by atoms with Gasteiger partial charge < -0.3 is 9.55 Å². The van der Waals surface area contributed by atoms with Crippen molar-refractivity contribution < 1.29 is 0 Å². The van der Waals surface area contributed by atoms with E-state index in [1.807, 2.05) is 35.9 Å². The van der Waals surface area contributed by atoms with Crippen molar-refractivity contribution in [3.05, 3.63) is 94.5 Å². The predicted molar refractivity (Wildman–Crippen MR) is 113 cm³/mol. The molecule has 142 valence electrons. The average molecular weight is 402 g/mol. The summed E-state index contributed by atoms with van der Waals surface area (Å²) in [6.07, 6.45) is 7.10. The van der Waals surface area contributed by atoms with Crippen molar-refractivity contribution in [3.8, 4) is 33.8 Å². The third-order valence-electron chi connectivity index (χ3n) is 4.93. The topological polar surface area (TPSA) is 68.5 Å². The molecule has 1 N–H and O–H groups in total. The van der Waals surface area contributed by atoms with Gasteiger partial charge in [-0.05, 0) is 48.9 Å². The number of hydrogen-bond acceptors (Lipinski definition) is 3. The maximum absolute atomic E-state index is 13.0. The van der Waals surface area contributed by atoms with E-state index in [1.54, 1.807) is 43.0 Å². The first kappa shape index (κ1) is 17.5. The molecule has 0 aliphatic carbocycles. The van der Waals surface area contributed by atoms with Gasteiger partial charge in [0.05, 0.1) is 17.6 Å². The Morgan fingerprint density at radius 1 is 1.07 bits per heavy atom. The number of aromatic nitrogens is 5. The number of nitrogens with one attached hydrogen (secondary N) is 1. The molecule has 2 aromatic carbocycles. The van der Waals surface area contributed by atoms with Crippen molar-refractivity contribution in [2.75, 3.05) is 0 Å². The molecule has 0 saturated heterocycles. The Balaban J connectivity index is 1.72. The molecule has 2 aliphatic rings. The fourth-order valence-electron chi connectivity index (χ4n) is 3.50. The van der Waals surface area contributed by atoms with E-state index >= 15 is 0 Å². The molecule has 7 heteroatoms. The summed E-state index contributed by atoms with van der Waals surface area (Å²) in [4.78, 5) is 20.3. The van der Waals surface area contributed by atoms with Crippen LogP contribution in [0.15, 0.2) is 78.2 Å². The molecular weight excluding hydrogens is 386 g/mol. The van der Waals surface area contributed by atoms with Crippen molar-refractivity contribution in [1.29, 1.82) is 0 Å². The van der Waals surface area contributed by atoms with Gasteiger partial charge in [0.25, 0.3) is 5.56 Å². The van der Waals surface area contributed by atoms with Crippen LogP contribution in [0.3, 0.4) is 0 Å². The Kier molecular flexibility index (Phi) is 4.07. The first-order valence-electron chi connectivity index (χ1n) is 9.07. The third kappa shape index (κ3) is 2.94. The second-order valence-corrected chi connectivity index (χ2v) is 7.20. The first-order chi connectivity index (χ1) is 14.1. The highest BCUT2D eigenvalue weighted by molar-refractivity contribution is 6.30. The Morgan fingerprint density at radius 2 is 1.90 bits per heavy atom. The molecular formula is C22H16ClN5O. The van der Waals surface area contributed by atoms with E-state index in [0.29, 0.717) is 22.0 Å². The lowest BCUT2D eigenvalue weighted by atomic mass is 9.98. The number of nitrogens with zero attached hydrogens (tertiary/aromatic N) is 4. The van der Waals surface area contributed by atoms with E-state index in [0.717, 1.165) is 22.5 Å². The van der Waals surface area contributed by atoms with Gasteiger partial charge in [-0.2, -0.15) is 9.78 Å². The minimum absolute atomic E-state index is 0.175. The largest absolute Gasteiger partial charge is 0.364 e. The molecule has 0 bridgehead atoms. The summed E-state index contributed by atoms with van der Waals surface area (Å²) >= 11 is 5.98. The molecule has 0 unspecified atom stereocenters. The maximum atomic E-state index is 13.0. The molecule has 3 aromatic rings. The second kappa shape index (κ2) is 6.76. The Bertz CT molecular complexity index is 1330. The fourth-order valence-corrected chi connectivity index (χ4v) is 3.63. The number of H-pyrrole nitrogens is 1. The van der Waals surface area contributed by atoms with Gasteiger partial charge in [0.2, 0.25) is 0 Å². The van der Waals surface area contributed by atoms with Crippen molar-refractivity contribution in [3.63, 3.8) is 0 Å². The van der Waals surface area contributed by atoms with Crippen LogP contribution in [0.5, 0.6) is 0 Å². The molecule has 3 heterocycles. The van der Waals surface area contributed by atoms with Crippen molar-refractivity contribution in [2.24, 2.45) is 0 Å². The molecule has 0 fully saturated rings. The van der Waals surface area contributed by atoms with Crippen LogP contribution in [-0.2, 0) is 0 Å². The Labute approximate surface area is 171 Å². The van der Waals surface area contributed by atoms with E-state index in [-0.39, 0.29) is 5.56 Å². The molecule has 0 amide bonds. The average Bonchev–Trinajstić information content (AvgIpc) is 3.37. The highest BCUT2D eigenvalue weighted by Crippen LogP contribution is 2.33. The van der Waals surface area contributed by atoms with Gasteiger partial charge in [0.1, 0.15) is 5.69 Å². The molecule has 0 radical (unpaired) electrons. The van der Waals surface area contributed by atoms with Gasteiger partial charge in [-0.1, -0.05) is 23.7 Å². The zero-order chi connectivity index (χ0) is 20.0. The van der Waals surface area contributed by atoms with Crippen LogP contribution in [0.1, 0.15) is 5.69 Å². The fraction of sp³-hybridized carbons (Fsp3) is 0.0455. The lowest BCUT2D eigenvalue weighted by molar-refractivity contribution is 0.858. The normalized spacial score (nSPS) is 11.2. The summed E-state index contributed by atoms with van der Waals surface area (Å²) in [5, 5.41) is 5.27. The van der Waals surface area contributed by atoms with Crippen LogP contribution in [0, 0.1) is 6.92 Å². The summed E-state index contributed by atoms with van der Waals surface area (Å²) in [6, 6.07) is 15.1. The smallest absolute Gasteiger partial charge is 0.282 e. The first-order valence-corrected chi connectivity index (χ1v) is 9.45. The number of aryl methyl sites for hydroxylation is 1. The van der Waals surface area contributed by atoms with Crippen molar-refractivity contribution in [1.82, 2.24) is 24.3 Å². The van der Waals surface area contributed by atoms with Crippen molar-refractivity contribution >= 4 is 11.6 Å². The van der Waals surface area contributed by atoms with Crippen molar-refractivity contribution in [2.45, 2.75) is 6.92 Å². The molecule has 5 rings (SSSR count). The highest BCUT2D eigenvalue weighted by Gasteiger charge is 2.22. The molecule has 29 heavy (non-hydrogen) atoms. The lowest BCUT2D eigenvalue weighted by Gasteiger charge is -2.11. The van der Waals surface area contributed by atoms with Gasteiger partial charge in [0, 0.05) is 40.6 Å². The molecule has 0 atom stereocenters. The number of rotatable bonds is 3. The van der Waals surface area contributed by atoms with E-state index in [4.69, 9.17) is 11.6 Å². The summed E-state index contributed by atoms with van der Waals surface area (Å²) in [5.41, 5.74) is 5.47. The number of fused-ring (bicyclic) bond motifs is 1. The van der Waals surface area contributed by atoms with E-state index in [1.165, 1.54) is 4.68 Å². The van der Waals surface area contributed by atoms with Crippen LogP contribution in [0.4, 0.5) is 0 Å². The van der Waals surface area contributed by atoms with Crippen LogP contribution in [0.25, 0.3) is 33.8 Å². The predicted octanol–water partition coefficient (Wildman–Crippen LogP) is 4.48. The van der Waals surface area contributed by atoms with E-state index in [2.05, 4.69) is 21.1 Å². The monoisotopic (exact) mass is 401 g/mol. The Hall–Kier alpha value is -3.64. The molecule has 1 aromatic heterocycles. The van der Waals surface area contributed by atoms with Crippen LogP contribution >= 0.6 is 11.6 Å². The van der Waals surface area contributed by atoms with Gasteiger partial charge >= 0.3 is 0 Å². The number of hydrogen-bond donors (Lipinski definition) is 1.